The lowest BCUT2D eigenvalue weighted by atomic mass is 10.1. The average molecular weight is 590 g/mol. The Morgan fingerprint density at radius 2 is 1.24 bits per heavy atom. The van der Waals surface area contributed by atoms with E-state index >= 15 is 0 Å². The first-order valence-electron chi connectivity index (χ1n) is 15.9. The van der Waals surface area contributed by atoms with E-state index in [1.807, 2.05) is 0 Å². The van der Waals surface area contributed by atoms with E-state index in [9.17, 15) is 19.8 Å². The fourth-order valence-corrected chi connectivity index (χ4v) is 4.15. The first kappa shape index (κ1) is 39.5. The van der Waals surface area contributed by atoms with E-state index < -0.39 is 18.1 Å². The standard InChI is InChI=1S/C35H59NO6/c1-5-6-7-8-9-10-11-12-13-14-15-16-17-18-19-20-21-22-23-24-25-26-27-34(38)42-31-32(37)30-41-29-28-33(35(39)40)36(2,3)4/h6-7,9-10,12-13,15-16,18-19,32-33,37H,5,8,11,14,17,20-31H2,1-4H3/b7-6+,10-9+,13-12+,16-15+,19-18+. The minimum absolute atomic E-state index is 0.0101. The van der Waals surface area contributed by atoms with Gasteiger partial charge in [-0.2, -0.15) is 0 Å². The number of carboxylic acids is 1. The molecule has 0 amide bonds. The predicted molar refractivity (Wildman–Crippen MR) is 171 cm³/mol. The van der Waals surface area contributed by atoms with Crippen LogP contribution < -0.4 is 5.11 Å². The summed E-state index contributed by atoms with van der Waals surface area (Å²) >= 11 is 0. The van der Waals surface area contributed by atoms with Crippen molar-refractivity contribution in [2.75, 3.05) is 41.0 Å². The molecule has 0 aromatic carbocycles. The van der Waals surface area contributed by atoms with Crippen LogP contribution in [0.15, 0.2) is 60.8 Å². The van der Waals surface area contributed by atoms with Gasteiger partial charge in [0.05, 0.1) is 40.3 Å². The van der Waals surface area contributed by atoms with E-state index in [1.165, 1.54) is 19.3 Å². The molecule has 1 N–H and O–H groups in total. The van der Waals surface area contributed by atoms with Crippen molar-refractivity contribution in [1.29, 1.82) is 0 Å². The minimum atomic E-state index is -1.12. The lowest BCUT2D eigenvalue weighted by Crippen LogP contribution is -2.55. The Balaban J connectivity index is 3.60. The van der Waals surface area contributed by atoms with Crippen molar-refractivity contribution in [2.45, 2.75) is 109 Å². The molecule has 7 heteroatoms. The van der Waals surface area contributed by atoms with Crippen LogP contribution in [-0.2, 0) is 19.1 Å². The Kier molecular flexibility index (Phi) is 25.7. The summed E-state index contributed by atoms with van der Waals surface area (Å²) in [4.78, 5) is 23.1. The van der Waals surface area contributed by atoms with Crippen LogP contribution in [-0.4, -0.2) is 74.6 Å². The maximum Gasteiger partial charge on any atom is 0.305 e. The lowest BCUT2D eigenvalue weighted by Gasteiger charge is -2.34. The van der Waals surface area contributed by atoms with Gasteiger partial charge in [0.25, 0.3) is 0 Å². The smallest absolute Gasteiger partial charge is 0.305 e. The number of ether oxygens (including phenoxy) is 2. The van der Waals surface area contributed by atoms with E-state index in [4.69, 9.17) is 9.47 Å². The van der Waals surface area contributed by atoms with Crippen LogP contribution in [0.4, 0.5) is 0 Å². The number of unbranched alkanes of at least 4 members (excludes halogenated alkanes) is 6. The van der Waals surface area contributed by atoms with E-state index in [2.05, 4.69) is 67.7 Å². The molecule has 0 radical (unpaired) electrons. The predicted octanol–water partition coefficient (Wildman–Crippen LogP) is 5.99. The summed E-state index contributed by atoms with van der Waals surface area (Å²) in [7, 11) is 5.34. The fraction of sp³-hybridized carbons (Fsp3) is 0.657. The maximum atomic E-state index is 11.9. The number of likely N-dealkylation sites (N-methyl/N-ethyl adjacent to an activating group) is 1. The summed E-state index contributed by atoms with van der Waals surface area (Å²) in [6.07, 6.45) is 34.5. The van der Waals surface area contributed by atoms with Crippen LogP contribution in [0.3, 0.4) is 0 Å². The zero-order valence-electron chi connectivity index (χ0n) is 26.9. The van der Waals surface area contributed by atoms with Gasteiger partial charge in [0, 0.05) is 12.8 Å². The molecule has 0 bridgehead atoms. The second-order valence-electron chi connectivity index (χ2n) is 11.5. The zero-order valence-corrected chi connectivity index (χ0v) is 26.9. The number of quaternary nitrogens is 1. The van der Waals surface area contributed by atoms with Gasteiger partial charge >= 0.3 is 5.97 Å². The van der Waals surface area contributed by atoms with Crippen LogP contribution in [0.25, 0.3) is 0 Å². The Bertz CT molecular complexity index is 822. The second-order valence-corrected chi connectivity index (χ2v) is 11.5. The van der Waals surface area contributed by atoms with Gasteiger partial charge in [0.15, 0.2) is 0 Å². The number of esters is 1. The summed E-state index contributed by atoms with van der Waals surface area (Å²) in [5.74, 6) is -1.43. The number of carbonyl (C=O) groups excluding carboxylic acids is 2. The van der Waals surface area contributed by atoms with E-state index in [0.29, 0.717) is 6.42 Å². The normalized spacial score (nSPS) is 14.2. The summed E-state index contributed by atoms with van der Waals surface area (Å²) < 4.78 is 10.7. The molecule has 0 aromatic rings. The Hall–Kier alpha value is -2.48. The van der Waals surface area contributed by atoms with E-state index in [0.717, 1.165) is 57.8 Å². The topological polar surface area (TPSA) is 95.9 Å². The molecule has 0 spiro atoms. The van der Waals surface area contributed by atoms with Gasteiger partial charge in [0.1, 0.15) is 18.8 Å². The third-order valence-corrected chi connectivity index (χ3v) is 6.65. The number of carbonyl (C=O) groups is 2. The maximum absolute atomic E-state index is 11.9. The molecule has 0 aliphatic heterocycles. The molecular formula is C35H59NO6. The monoisotopic (exact) mass is 589 g/mol. The van der Waals surface area contributed by atoms with Crippen molar-refractivity contribution in [2.24, 2.45) is 0 Å². The first-order valence-corrected chi connectivity index (χ1v) is 15.9. The van der Waals surface area contributed by atoms with Gasteiger partial charge < -0.3 is 29.0 Å². The van der Waals surface area contributed by atoms with Gasteiger partial charge in [0.2, 0.25) is 0 Å². The number of aliphatic hydroxyl groups is 1. The molecule has 0 rings (SSSR count). The average Bonchev–Trinajstić information content (AvgIpc) is 2.93. The number of hydrogen-bond acceptors (Lipinski definition) is 6. The van der Waals surface area contributed by atoms with Crippen LogP contribution in [0, 0.1) is 0 Å². The van der Waals surface area contributed by atoms with Gasteiger partial charge in [-0.3, -0.25) is 4.79 Å². The molecule has 2 unspecified atom stereocenters. The number of rotatable bonds is 27. The van der Waals surface area contributed by atoms with E-state index in [-0.39, 0.29) is 36.7 Å². The number of allylic oxidation sites excluding steroid dienone is 10. The number of aliphatic carboxylic acids is 1. The third kappa shape index (κ3) is 26.4. The van der Waals surface area contributed by atoms with E-state index in [1.54, 1.807) is 21.1 Å². The van der Waals surface area contributed by atoms with Crippen molar-refractivity contribution >= 4 is 11.9 Å². The number of aliphatic hydroxyl groups excluding tert-OH is 1. The summed E-state index contributed by atoms with van der Waals surface area (Å²) in [5.41, 5.74) is 0. The molecule has 240 valence electrons. The van der Waals surface area contributed by atoms with Gasteiger partial charge in [-0.05, 0) is 51.4 Å². The third-order valence-electron chi connectivity index (χ3n) is 6.65. The van der Waals surface area contributed by atoms with Crippen molar-refractivity contribution in [3.05, 3.63) is 60.8 Å². The first-order chi connectivity index (χ1) is 20.2. The summed E-state index contributed by atoms with van der Waals surface area (Å²) in [5, 5.41) is 21.2. The summed E-state index contributed by atoms with van der Waals surface area (Å²) in [6, 6.07) is -0.691. The molecule has 7 nitrogen and oxygen atoms in total. The Morgan fingerprint density at radius 3 is 1.76 bits per heavy atom. The number of carboxylic acid groups (broad SMARTS) is 1. The molecule has 0 fully saturated rings. The molecule has 0 aliphatic carbocycles. The van der Waals surface area contributed by atoms with Gasteiger partial charge in [-0.1, -0.05) is 93.4 Å². The Labute approximate surface area is 256 Å². The highest BCUT2D eigenvalue weighted by molar-refractivity contribution is 5.69. The molecule has 42 heavy (non-hydrogen) atoms. The zero-order chi connectivity index (χ0) is 31.3. The largest absolute Gasteiger partial charge is 0.544 e. The highest BCUT2D eigenvalue weighted by Gasteiger charge is 2.24. The molecule has 2 atom stereocenters. The molecule has 0 saturated carbocycles. The lowest BCUT2D eigenvalue weighted by molar-refractivity contribution is -0.889. The second kappa shape index (κ2) is 27.4. The molecule has 0 heterocycles. The summed E-state index contributed by atoms with van der Waals surface area (Å²) in [6.45, 7) is 2.20. The van der Waals surface area contributed by atoms with Crippen LogP contribution in [0.1, 0.15) is 96.8 Å². The SMILES string of the molecule is CC/C=C/C/C=C/C/C=C/C/C=C/C/C=C/CCCCCCCCC(=O)OCC(O)COCCC(C(=O)[O-])[N+](C)(C)C. The Morgan fingerprint density at radius 1 is 0.738 bits per heavy atom. The van der Waals surface area contributed by atoms with Crippen molar-refractivity contribution in [3.63, 3.8) is 0 Å². The van der Waals surface area contributed by atoms with Crippen molar-refractivity contribution < 1.29 is 33.8 Å². The van der Waals surface area contributed by atoms with Crippen LogP contribution >= 0.6 is 0 Å². The van der Waals surface area contributed by atoms with Crippen LogP contribution in [0.5, 0.6) is 0 Å². The van der Waals surface area contributed by atoms with Crippen molar-refractivity contribution in [1.82, 2.24) is 0 Å². The fourth-order valence-electron chi connectivity index (χ4n) is 4.15. The highest BCUT2D eigenvalue weighted by Crippen LogP contribution is 2.10. The van der Waals surface area contributed by atoms with Gasteiger partial charge in [-0.15, -0.1) is 0 Å². The van der Waals surface area contributed by atoms with Gasteiger partial charge in [-0.25, -0.2) is 0 Å². The molecule has 0 aliphatic rings. The molecule has 0 saturated heterocycles. The number of hydrogen-bond donors (Lipinski definition) is 1. The number of nitrogens with zero attached hydrogens (tertiary/aromatic N) is 1. The van der Waals surface area contributed by atoms with Crippen molar-refractivity contribution in [3.8, 4) is 0 Å². The quantitative estimate of drug-likeness (QED) is 0.0547. The minimum Gasteiger partial charge on any atom is -0.544 e. The molecular weight excluding hydrogens is 530 g/mol. The highest BCUT2D eigenvalue weighted by atomic mass is 16.5. The van der Waals surface area contributed by atoms with Crippen LogP contribution in [0.2, 0.25) is 0 Å². The molecule has 0 aromatic heterocycles.